The van der Waals surface area contributed by atoms with Crippen LogP contribution in [0.3, 0.4) is 0 Å². The highest BCUT2D eigenvalue weighted by atomic mass is 32.2. The van der Waals surface area contributed by atoms with Gasteiger partial charge in [-0.3, -0.25) is 9.52 Å². The Kier molecular flexibility index (Phi) is 3.66. The SMILES string of the molecule is Cc1cc(NS(=O)(=O)CC(=O)O)ccc1-n1cnnn1. The van der Waals surface area contributed by atoms with E-state index in [4.69, 9.17) is 5.11 Å². The second kappa shape index (κ2) is 5.25. The van der Waals surface area contributed by atoms with Crippen LogP contribution in [0.4, 0.5) is 5.69 Å². The summed E-state index contributed by atoms with van der Waals surface area (Å²) in [6, 6.07) is 4.70. The van der Waals surface area contributed by atoms with Gasteiger partial charge in [-0.1, -0.05) is 0 Å². The molecule has 20 heavy (non-hydrogen) atoms. The number of aliphatic carboxylic acids is 1. The van der Waals surface area contributed by atoms with Crippen LogP contribution in [0, 0.1) is 6.92 Å². The molecule has 2 aromatic rings. The Morgan fingerprint density at radius 2 is 2.20 bits per heavy atom. The minimum atomic E-state index is -3.91. The number of sulfonamides is 1. The molecular formula is C10H11N5O4S. The van der Waals surface area contributed by atoms with Crippen molar-refractivity contribution >= 4 is 21.7 Å². The highest BCUT2D eigenvalue weighted by molar-refractivity contribution is 7.93. The van der Waals surface area contributed by atoms with Gasteiger partial charge in [-0.25, -0.2) is 13.1 Å². The van der Waals surface area contributed by atoms with Crippen LogP contribution in [0.5, 0.6) is 0 Å². The first kappa shape index (κ1) is 13.9. The number of carboxylic acids is 1. The van der Waals surface area contributed by atoms with Crippen LogP contribution in [0.15, 0.2) is 24.5 Å². The van der Waals surface area contributed by atoms with Gasteiger partial charge in [-0.2, -0.15) is 0 Å². The van der Waals surface area contributed by atoms with E-state index in [2.05, 4.69) is 20.2 Å². The van der Waals surface area contributed by atoms with Crippen LogP contribution in [0.25, 0.3) is 5.69 Å². The fourth-order valence-corrected chi connectivity index (χ4v) is 2.51. The zero-order valence-corrected chi connectivity index (χ0v) is 11.2. The molecule has 0 aliphatic heterocycles. The lowest BCUT2D eigenvalue weighted by Crippen LogP contribution is -2.22. The molecular weight excluding hydrogens is 286 g/mol. The Balaban J connectivity index is 2.24. The molecule has 0 saturated heterocycles. The second-order valence-electron chi connectivity index (χ2n) is 4.01. The maximum atomic E-state index is 11.5. The van der Waals surface area contributed by atoms with Crippen molar-refractivity contribution in [3.63, 3.8) is 0 Å². The third-order valence-electron chi connectivity index (χ3n) is 2.38. The van der Waals surface area contributed by atoms with Gasteiger partial charge in [0.15, 0.2) is 5.75 Å². The van der Waals surface area contributed by atoms with Gasteiger partial charge < -0.3 is 5.11 Å². The average molecular weight is 297 g/mol. The summed E-state index contributed by atoms with van der Waals surface area (Å²) >= 11 is 0. The summed E-state index contributed by atoms with van der Waals surface area (Å²) in [5, 5.41) is 19.3. The van der Waals surface area contributed by atoms with Gasteiger partial charge in [-0.05, 0) is 41.1 Å². The maximum absolute atomic E-state index is 11.5. The number of aromatic nitrogens is 4. The third-order valence-corrected chi connectivity index (χ3v) is 3.55. The molecule has 0 atom stereocenters. The lowest BCUT2D eigenvalue weighted by molar-refractivity contribution is -0.134. The molecule has 0 fully saturated rings. The van der Waals surface area contributed by atoms with Crippen LogP contribution in [0.1, 0.15) is 5.56 Å². The Morgan fingerprint density at radius 1 is 1.45 bits per heavy atom. The largest absolute Gasteiger partial charge is 0.480 e. The highest BCUT2D eigenvalue weighted by Gasteiger charge is 2.16. The van der Waals surface area contributed by atoms with Crippen molar-refractivity contribution in [2.75, 3.05) is 10.5 Å². The van der Waals surface area contributed by atoms with Crippen LogP contribution in [-0.2, 0) is 14.8 Å². The van der Waals surface area contributed by atoms with Crippen molar-refractivity contribution < 1.29 is 18.3 Å². The van der Waals surface area contributed by atoms with E-state index in [0.29, 0.717) is 5.69 Å². The van der Waals surface area contributed by atoms with E-state index in [1.165, 1.54) is 17.1 Å². The lowest BCUT2D eigenvalue weighted by atomic mass is 10.2. The molecule has 2 rings (SSSR count). The summed E-state index contributed by atoms with van der Waals surface area (Å²) in [6.45, 7) is 1.76. The first-order valence-corrected chi connectivity index (χ1v) is 7.09. The van der Waals surface area contributed by atoms with Gasteiger partial charge in [0.05, 0.1) is 5.69 Å². The van der Waals surface area contributed by atoms with E-state index < -0.39 is 21.7 Å². The number of tetrazole rings is 1. The molecule has 1 aromatic carbocycles. The molecule has 0 amide bonds. The summed E-state index contributed by atoms with van der Waals surface area (Å²) in [7, 11) is -3.91. The van der Waals surface area contributed by atoms with Crippen LogP contribution >= 0.6 is 0 Å². The molecule has 1 aromatic heterocycles. The monoisotopic (exact) mass is 297 g/mol. The molecule has 0 spiro atoms. The number of hydrogen-bond acceptors (Lipinski definition) is 6. The Morgan fingerprint density at radius 3 is 2.75 bits per heavy atom. The number of carboxylic acid groups (broad SMARTS) is 1. The number of aryl methyl sites for hydroxylation is 1. The Bertz CT molecular complexity index is 726. The fraction of sp³-hybridized carbons (Fsp3) is 0.200. The topological polar surface area (TPSA) is 127 Å². The van der Waals surface area contributed by atoms with E-state index in [1.54, 1.807) is 19.1 Å². The van der Waals surface area contributed by atoms with Crippen LogP contribution in [-0.4, -0.2) is 45.5 Å². The summed E-state index contributed by atoms with van der Waals surface area (Å²) in [5.41, 5.74) is 1.70. The molecule has 0 saturated carbocycles. The zero-order chi connectivity index (χ0) is 14.8. The molecule has 0 radical (unpaired) electrons. The number of rotatable bonds is 5. The third kappa shape index (κ3) is 3.29. The molecule has 106 valence electrons. The Hall–Kier alpha value is -2.49. The molecule has 1 heterocycles. The molecule has 0 aliphatic rings. The second-order valence-corrected chi connectivity index (χ2v) is 5.73. The predicted octanol–water partition coefficient (Wildman–Crippen LogP) is -0.203. The molecule has 0 bridgehead atoms. The maximum Gasteiger partial charge on any atom is 0.320 e. The fourth-order valence-electron chi connectivity index (χ4n) is 1.63. The van der Waals surface area contributed by atoms with Crippen molar-refractivity contribution in [3.05, 3.63) is 30.1 Å². The van der Waals surface area contributed by atoms with Gasteiger partial charge in [0.1, 0.15) is 6.33 Å². The number of hydrogen-bond donors (Lipinski definition) is 2. The van der Waals surface area contributed by atoms with Crippen molar-refractivity contribution in [1.82, 2.24) is 20.2 Å². The number of anilines is 1. The van der Waals surface area contributed by atoms with E-state index >= 15 is 0 Å². The first-order valence-electron chi connectivity index (χ1n) is 5.44. The van der Waals surface area contributed by atoms with Gasteiger partial charge in [-0.15, -0.1) is 5.10 Å². The summed E-state index contributed by atoms with van der Waals surface area (Å²) in [5.74, 6) is -2.40. The first-order chi connectivity index (χ1) is 9.37. The van der Waals surface area contributed by atoms with Crippen molar-refractivity contribution in [1.29, 1.82) is 0 Å². The average Bonchev–Trinajstić information content (AvgIpc) is 2.79. The summed E-state index contributed by atoms with van der Waals surface area (Å²) < 4.78 is 26.6. The van der Waals surface area contributed by atoms with Crippen LogP contribution in [0.2, 0.25) is 0 Å². The van der Waals surface area contributed by atoms with E-state index in [-0.39, 0.29) is 5.69 Å². The standard InChI is InChI=1S/C10H11N5O4S/c1-7-4-8(12-20(18,19)5-10(16)17)2-3-9(7)15-6-11-13-14-15/h2-4,6,12H,5H2,1H3,(H,16,17). The quantitative estimate of drug-likeness (QED) is 0.782. The minimum absolute atomic E-state index is 0.278. The number of nitrogens with one attached hydrogen (secondary N) is 1. The molecule has 9 nitrogen and oxygen atoms in total. The zero-order valence-electron chi connectivity index (χ0n) is 10.4. The molecule has 0 aliphatic carbocycles. The van der Waals surface area contributed by atoms with Crippen LogP contribution < -0.4 is 4.72 Å². The number of carbonyl (C=O) groups is 1. The summed E-state index contributed by atoms with van der Waals surface area (Å²) in [6.07, 6.45) is 1.41. The summed E-state index contributed by atoms with van der Waals surface area (Å²) in [4.78, 5) is 10.4. The van der Waals surface area contributed by atoms with Gasteiger partial charge in [0.2, 0.25) is 10.0 Å². The lowest BCUT2D eigenvalue weighted by Gasteiger charge is -2.09. The van der Waals surface area contributed by atoms with Gasteiger partial charge in [0.25, 0.3) is 0 Å². The van der Waals surface area contributed by atoms with Gasteiger partial charge in [0, 0.05) is 5.69 Å². The van der Waals surface area contributed by atoms with Crippen molar-refractivity contribution in [3.8, 4) is 5.69 Å². The van der Waals surface area contributed by atoms with Crippen molar-refractivity contribution in [2.45, 2.75) is 6.92 Å². The smallest absolute Gasteiger partial charge is 0.320 e. The van der Waals surface area contributed by atoms with Crippen molar-refractivity contribution in [2.24, 2.45) is 0 Å². The highest BCUT2D eigenvalue weighted by Crippen LogP contribution is 2.18. The normalized spacial score (nSPS) is 11.2. The Labute approximate surface area is 114 Å². The van der Waals surface area contributed by atoms with E-state index in [0.717, 1.165) is 5.56 Å². The minimum Gasteiger partial charge on any atom is -0.480 e. The number of nitrogens with zero attached hydrogens (tertiary/aromatic N) is 4. The number of benzene rings is 1. The molecule has 10 heteroatoms. The van der Waals surface area contributed by atoms with E-state index in [9.17, 15) is 13.2 Å². The molecule has 0 unspecified atom stereocenters. The van der Waals surface area contributed by atoms with Gasteiger partial charge >= 0.3 is 5.97 Å². The molecule has 2 N–H and O–H groups in total. The predicted molar refractivity (Wildman–Crippen MR) is 68.9 cm³/mol. The van der Waals surface area contributed by atoms with E-state index in [1.807, 2.05) is 0 Å².